The SMILES string of the molecule is CCCC1C(=O)c2cc(O)c(O)cc2Sc2ccccc21. The van der Waals surface area contributed by atoms with Crippen LogP contribution in [0.25, 0.3) is 0 Å². The normalized spacial score (nSPS) is 17.0. The van der Waals surface area contributed by atoms with E-state index in [-0.39, 0.29) is 23.2 Å². The van der Waals surface area contributed by atoms with Crippen LogP contribution in [0.4, 0.5) is 0 Å². The lowest BCUT2D eigenvalue weighted by Gasteiger charge is -2.15. The van der Waals surface area contributed by atoms with Gasteiger partial charge >= 0.3 is 0 Å². The van der Waals surface area contributed by atoms with Crippen LogP contribution in [0.5, 0.6) is 11.5 Å². The minimum Gasteiger partial charge on any atom is -0.504 e. The molecule has 3 rings (SSSR count). The number of ketones is 1. The molecule has 4 heteroatoms. The number of phenolic OH excluding ortho intramolecular Hbond substituents is 2. The van der Waals surface area contributed by atoms with E-state index in [1.807, 2.05) is 24.3 Å². The molecule has 0 aromatic heterocycles. The lowest BCUT2D eigenvalue weighted by atomic mass is 9.87. The van der Waals surface area contributed by atoms with Crippen LogP contribution in [0.3, 0.4) is 0 Å². The molecular weight excluding hydrogens is 284 g/mol. The summed E-state index contributed by atoms with van der Waals surface area (Å²) < 4.78 is 0. The number of carbonyl (C=O) groups is 1. The first kappa shape index (κ1) is 14.0. The Balaban J connectivity index is 2.21. The number of carbonyl (C=O) groups excluding carboxylic acids is 1. The molecule has 0 bridgehead atoms. The number of fused-ring (bicyclic) bond motifs is 2. The Bertz CT molecular complexity index is 709. The zero-order valence-corrected chi connectivity index (χ0v) is 12.5. The summed E-state index contributed by atoms with van der Waals surface area (Å²) >= 11 is 1.47. The van der Waals surface area contributed by atoms with Crippen molar-refractivity contribution in [3.05, 3.63) is 47.5 Å². The van der Waals surface area contributed by atoms with Crippen molar-refractivity contribution in [2.24, 2.45) is 0 Å². The van der Waals surface area contributed by atoms with Crippen LogP contribution in [-0.4, -0.2) is 16.0 Å². The van der Waals surface area contributed by atoms with Gasteiger partial charge in [-0.1, -0.05) is 43.3 Å². The highest BCUT2D eigenvalue weighted by Crippen LogP contribution is 2.45. The lowest BCUT2D eigenvalue weighted by molar-refractivity contribution is 0.0951. The van der Waals surface area contributed by atoms with Gasteiger partial charge in [0.15, 0.2) is 17.3 Å². The second-order valence-electron chi connectivity index (χ2n) is 5.18. The predicted molar refractivity (Wildman–Crippen MR) is 82.3 cm³/mol. The summed E-state index contributed by atoms with van der Waals surface area (Å²) in [5.74, 6) is -0.618. The molecule has 1 aliphatic rings. The van der Waals surface area contributed by atoms with E-state index in [9.17, 15) is 15.0 Å². The van der Waals surface area contributed by atoms with Crippen LogP contribution in [0, 0.1) is 0 Å². The molecular formula is C17H16O3S. The van der Waals surface area contributed by atoms with Gasteiger partial charge in [0.2, 0.25) is 0 Å². The second kappa shape index (κ2) is 5.45. The lowest BCUT2D eigenvalue weighted by Crippen LogP contribution is -2.12. The number of hydrogen-bond acceptors (Lipinski definition) is 4. The Morgan fingerprint density at radius 2 is 1.81 bits per heavy atom. The highest BCUT2D eigenvalue weighted by Gasteiger charge is 2.30. The van der Waals surface area contributed by atoms with Crippen molar-refractivity contribution in [3.63, 3.8) is 0 Å². The summed E-state index contributed by atoms with van der Waals surface area (Å²) in [6.07, 6.45) is 1.69. The van der Waals surface area contributed by atoms with E-state index in [0.29, 0.717) is 10.5 Å². The molecule has 1 heterocycles. The van der Waals surface area contributed by atoms with Gasteiger partial charge in [-0.15, -0.1) is 0 Å². The van der Waals surface area contributed by atoms with E-state index < -0.39 is 0 Å². The topological polar surface area (TPSA) is 57.5 Å². The van der Waals surface area contributed by atoms with Gasteiger partial charge in [-0.2, -0.15) is 0 Å². The van der Waals surface area contributed by atoms with Crippen LogP contribution in [0.2, 0.25) is 0 Å². The van der Waals surface area contributed by atoms with E-state index in [0.717, 1.165) is 23.3 Å². The second-order valence-corrected chi connectivity index (χ2v) is 6.27. The van der Waals surface area contributed by atoms with Crippen LogP contribution in [-0.2, 0) is 0 Å². The number of phenols is 2. The van der Waals surface area contributed by atoms with Crippen molar-refractivity contribution in [1.82, 2.24) is 0 Å². The monoisotopic (exact) mass is 300 g/mol. The summed E-state index contributed by atoms with van der Waals surface area (Å²) in [5, 5.41) is 19.4. The Kier molecular flexibility index (Phi) is 3.64. The Hall–Kier alpha value is -1.94. The van der Waals surface area contributed by atoms with Crippen LogP contribution < -0.4 is 0 Å². The first-order valence-corrected chi connectivity index (χ1v) is 7.80. The quantitative estimate of drug-likeness (QED) is 0.811. The van der Waals surface area contributed by atoms with Gasteiger partial charge in [-0.05, 0) is 30.2 Å². The summed E-state index contributed by atoms with van der Waals surface area (Å²) in [6, 6.07) is 10.7. The van der Waals surface area contributed by atoms with Crippen molar-refractivity contribution >= 4 is 17.5 Å². The standard InChI is InChI=1S/C17H16O3S/c1-2-5-11-10-6-3-4-7-15(10)21-16-9-14(19)13(18)8-12(16)17(11)20/h3-4,6-9,11,18-19H,2,5H2,1H3. The Labute approximate surface area is 127 Å². The van der Waals surface area contributed by atoms with E-state index in [2.05, 4.69) is 6.92 Å². The number of hydrogen-bond donors (Lipinski definition) is 2. The van der Waals surface area contributed by atoms with Gasteiger partial charge in [0.25, 0.3) is 0 Å². The molecule has 0 spiro atoms. The minimum atomic E-state index is -0.246. The molecule has 0 aliphatic carbocycles. The third-order valence-corrected chi connectivity index (χ3v) is 4.90. The first-order valence-electron chi connectivity index (χ1n) is 6.98. The van der Waals surface area contributed by atoms with Gasteiger partial charge in [0.1, 0.15) is 0 Å². The fraction of sp³-hybridized carbons (Fsp3) is 0.235. The fourth-order valence-electron chi connectivity index (χ4n) is 2.72. The predicted octanol–water partition coefficient (Wildman–Crippen LogP) is 4.33. The highest BCUT2D eigenvalue weighted by molar-refractivity contribution is 7.99. The summed E-state index contributed by atoms with van der Waals surface area (Å²) in [7, 11) is 0. The molecule has 2 N–H and O–H groups in total. The molecule has 0 radical (unpaired) electrons. The molecule has 0 saturated heterocycles. The maximum absolute atomic E-state index is 12.8. The van der Waals surface area contributed by atoms with Crippen LogP contribution >= 0.6 is 11.8 Å². The molecule has 1 atom stereocenters. The zero-order valence-electron chi connectivity index (χ0n) is 11.7. The van der Waals surface area contributed by atoms with Gasteiger partial charge in [-0.3, -0.25) is 4.79 Å². The van der Waals surface area contributed by atoms with Gasteiger partial charge in [0, 0.05) is 21.3 Å². The largest absolute Gasteiger partial charge is 0.504 e. The van der Waals surface area contributed by atoms with E-state index in [4.69, 9.17) is 0 Å². The molecule has 1 unspecified atom stereocenters. The average molecular weight is 300 g/mol. The van der Waals surface area contributed by atoms with Gasteiger partial charge in [0.05, 0.1) is 0 Å². The number of aromatic hydroxyl groups is 2. The molecule has 0 saturated carbocycles. The van der Waals surface area contributed by atoms with Crippen LogP contribution in [0.1, 0.15) is 41.6 Å². The van der Waals surface area contributed by atoms with Crippen molar-refractivity contribution in [3.8, 4) is 11.5 Å². The fourth-order valence-corrected chi connectivity index (χ4v) is 3.87. The smallest absolute Gasteiger partial charge is 0.171 e. The van der Waals surface area contributed by atoms with Crippen molar-refractivity contribution < 1.29 is 15.0 Å². The van der Waals surface area contributed by atoms with Gasteiger partial charge in [-0.25, -0.2) is 0 Å². The maximum atomic E-state index is 12.8. The van der Waals surface area contributed by atoms with Crippen molar-refractivity contribution in [2.75, 3.05) is 0 Å². The number of rotatable bonds is 2. The zero-order chi connectivity index (χ0) is 15.0. The Morgan fingerprint density at radius 3 is 2.57 bits per heavy atom. The van der Waals surface area contributed by atoms with Crippen molar-refractivity contribution in [1.29, 1.82) is 0 Å². The molecule has 2 aromatic rings. The van der Waals surface area contributed by atoms with E-state index in [1.54, 1.807) is 0 Å². The summed E-state index contributed by atoms with van der Waals surface area (Å²) in [6.45, 7) is 2.06. The molecule has 108 valence electrons. The molecule has 1 aliphatic heterocycles. The summed E-state index contributed by atoms with van der Waals surface area (Å²) in [5.41, 5.74) is 1.52. The third-order valence-electron chi connectivity index (χ3n) is 3.75. The molecule has 21 heavy (non-hydrogen) atoms. The molecule has 2 aromatic carbocycles. The highest BCUT2D eigenvalue weighted by atomic mass is 32.2. The van der Waals surface area contributed by atoms with E-state index in [1.165, 1.54) is 23.9 Å². The Morgan fingerprint density at radius 1 is 1.10 bits per heavy atom. The molecule has 0 fully saturated rings. The maximum Gasteiger partial charge on any atom is 0.171 e. The molecule has 0 amide bonds. The summed E-state index contributed by atoms with van der Waals surface area (Å²) in [4.78, 5) is 14.6. The minimum absolute atomic E-state index is 0.0135. The first-order chi connectivity index (χ1) is 10.1. The van der Waals surface area contributed by atoms with Crippen LogP contribution in [0.15, 0.2) is 46.2 Å². The number of benzene rings is 2. The average Bonchev–Trinajstić information content (AvgIpc) is 2.58. The molecule has 3 nitrogen and oxygen atoms in total. The third kappa shape index (κ3) is 2.40. The van der Waals surface area contributed by atoms with E-state index >= 15 is 0 Å². The number of Topliss-reactive ketones (excluding diaryl/α,β-unsaturated/α-hetero) is 1. The van der Waals surface area contributed by atoms with Gasteiger partial charge < -0.3 is 10.2 Å². The van der Waals surface area contributed by atoms with Crippen molar-refractivity contribution in [2.45, 2.75) is 35.5 Å².